The molecule has 0 aliphatic heterocycles. The third-order valence-corrected chi connectivity index (χ3v) is 3.16. The van der Waals surface area contributed by atoms with Crippen molar-refractivity contribution in [1.82, 2.24) is 0 Å². The molecule has 0 aromatic heterocycles. The fraction of sp³-hybridized carbons (Fsp3) is 0.188. The van der Waals surface area contributed by atoms with Gasteiger partial charge in [0.25, 0.3) is 0 Å². The highest BCUT2D eigenvalue weighted by atomic mass is 35.5. The van der Waals surface area contributed by atoms with Gasteiger partial charge in [0.2, 0.25) is 5.91 Å². The number of halogens is 1. The number of rotatable bonds is 4. The topological polar surface area (TPSA) is 38.3 Å². The zero-order valence-corrected chi connectivity index (χ0v) is 12.2. The molecule has 20 heavy (non-hydrogen) atoms. The molecular formula is C16H16ClNO2. The van der Waals surface area contributed by atoms with Crippen molar-refractivity contribution in [3.63, 3.8) is 0 Å². The van der Waals surface area contributed by atoms with Crippen LogP contribution in [0.2, 0.25) is 5.02 Å². The standard InChI is InChI=1S/C16H16ClNO2/c1-11-7-8-15(18-12(2)19)16(9-11)20-10-13-5-3-4-6-14(13)17/h3-9H,10H2,1-2H3,(H,18,19). The third-order valence-electron chi connectivity index (χ3n) is 2.79. The Hall–Kier alpha value is -2.00. The van der Waals surface area contributed by atoms with E-state index in [2.05, 4.69) is 5.32 Å². The number of nitrogens with one attached hydrogen (secondary N) is 1. The van der Waals surface area contributed by atoms with Gasteiger partial charge < -0.3 is 10.1 Å². The van der Waals surface area contributed by atoms with Gasteiger partial charge in [-0.25, -0.2) is 0 Å². The molecule has 0 saturated heterocycles. The molecule has 2 rings (SSSR count). The summed E-state index contributed by atoms with van der Waals surface area (Å²) in [5.41, 5.74) is 2.63. The smallest absolute Gasteiger partial charge is 0.221 e. The normalized spacial score (nSPS) is 10.2. The van der Waals surface area contributed by atoms with E-state index >= 15 is 0 Å². The largest absolute Gasteiger partial charge is 0.487 e. The zero-order chi connectivity index (χ0) is 14.5. The van der Waals surface area contributed by atoms with Gasteiger partial charge in [-0.05, 0) is 30.7 Å². The summed E-state index contributed by atoms with van der Waals surface area (Å²) in [5.74, 6) is 0.511. The van der Waals surface area contributed by atoms with E-state index in [1.54, 1.807) is 0 Å². The number of aryl methyl sites for hydroxylation is 1. The van der Waals surface area contributed by atoms with Crippen LogP contribution in [0.4, 0.5) is 5.69 Å². The van der Waals surface area contributed by atoms with Crippen LogP contribution in [0.15, 0.2) is 42.5 Å². The molecule has 0 spiro atoms. The lowest BCUT2D eigenvalue weighted by atomic mass is 10.2. The average Bonchev–Trinajstić information content (AvgIpc) is 2.40. The van der Waals surface area contributed by atoms with E-state index in [0.29, 0.717) is 23.1 Å². The number of benzene rings is 2. The highest BCUT2D eigenvalue weighted by Gasteiger charge is 2.07. The number of carbonyl (C=O) groups is 1. The molecule has 1 amide bonds. The average molecular weight is 290 g/mol. The highest BCUT2D eigenvalue weighted by Crippen LogP contribution is 2.27. The van der Waals surface area contributed by atoms with Gasteiger partial charge in [0.1, 0.15) is 12.4 Å². The molecule has 0 heterocycles. The maximum absolute atomic E-state index is 11.2. The first-order valence-electron chi connectivity index (χ1n) is 6.30. The van der Waals surface area contributed by atoms with Crippen LogP contribution in [0.1, 0.15) is 18.1 Å². The summed E-state index contributed by atoms with van der Waals surface area (Å²) in [4.78, 5) is 11.2. The van der Waals surface area contributed by atoms with Crippen LogP contribution >= 0.6 is 11.6 Å². The van der Waals surface area contributed by atoms with Crippen LogP contribution in [0, 0.1) is 6.92 Å². The van der Waals surface area contributed by atoms with Gasteiger partial charge in [0.15, 0.2) is 0 Å². The molecule has 0 aliphatic rings. The van der Waals surface area contributed by atoms with Crippen LogP contribution in [0.3, 0.4) is 0 Å². The summed E-state index contributed by atoms with van der Waals surface area (Å²) in [7, 11) is 0. The first kappa shape index (κ1) is 14.4. The van der Waals surface area contributed by atoms with Crippen molar-refractivity contribution in [3.8, 4) is 5.75 Å². The fourth-order valence-corrected chi connectivity index (χ4v) is 2.00. The maximum Gasteiger partial charge on any atom is 0.221 e. The first-order chi connectivity index (χ1) is 9.56. The summed E-state index contributed by atoms with van der Waals surface area (Å²) in [6, 6.07) is 13.2. The second-order valence-corrected chi connectivity index (χ2v) is 4.97. The Bertz CT molecular complexity index is 626. The first-order valence-corrected chi connectivity index (χ1v) is 6.68. The Kier molecular flexibility index (Phi) is 4.64. The lowest BCUT2D eigenvalue weighted by Gasteiger charge is -2.13. The molecule has 0 fully saturated rings. The minimum absolute atomic E-state index is 0.128. The SMILES string of the molecule is CC(=O)Nc1ccc(C)cc1OCc1ccccc1Cl. The summed E-state index contributed by atoms with van der Waals surface area (Å²) in [6.07, 6.45) is 0. The van der Waals surface area contributed by atoms with Crippen molar-refractivity contribution < 1.29 is 9.53 Å². The molecule has 104 valence electrons. The lowest BCUT2D eigenvalue weighted by Crippen LogP contribution is -2.08. The second-order valence-electron chi connectivity index (χ2n) is 4.56. The van der Waals surface area contributed by atoms with Crippen LogP contribution in [-0.2, 0) is 11.4 Å². The monoisotopic (exact) mass is 289 g/mol. The van der Waals surface area contributed by atoms with Crippen LogP contribution in [0.25, 0.3) is 0 Å². The quantitative estimate of drug-likeness (QED) is 0.917. The van der Waals surface area contributed by atoms with Crippen molar-refractivity contribution in [3.05, 3.63) is 58.6 Å². The summed E-state index contributed by atoms with van der Waals surface area (Å²) in [6.45, 7) is 3.80. The molecule has 0 aliphatic carbocycles. The molecule has 0 saturated carbocycles. The Morgan fingerprint density at radius 3 is 2.70 bits per heavy atom. The Morgan fingerprint density at radius 1 is 1.25 bits per heavy atom. The molecule has 1 N–H and O–H groups in total. The number of hydrogen-bond donors (Lipinski definition) is 1. The van der Waals surface area contributed by atoms with Gasteiger partial charge in [-0.3, -0.25) is 4.79 Å². The Balaban J connectivity index is 2.18. The highest BCUT2D eigenvalue weighted by molar-refractivity contribution is 6.31. The van der Waals surface area contributed by atoms with E-state index in [1.807, 2.05) is 49.4 Å². The van der Waals surface area contributed by atoms with E-state index in [0.717, 1.165) is 11.1 Å². The van der Waals surface area contributed by atoms with Crippen molar-refractivity contribution in [2.24, 2.45) is 0 Å². The van der Waals surface area contributed by atoms with Gasteiger partial charge >= 0.3 is 0 Å². The van der Waals surface area contributed by atoms with Gasteiger partial charge in [0, 0.05) is 17.5 Å². The minimum atomic E-state index is -0.128. The molecule has 2 aromatic carbocycles. The lowest BCUT2D eigenvalue weighted by molar-refractivity contribution is -0.114. The van der Waals surface area contributed by atoms with Crippen LogP contribution < -0.4 is 10.1 Å². The van der Waals surface area contributed by atoms with Crippen molar-refractivity contribution >= 4 is 23.2 Å². The number of carbonyl (C=O) groups excluding carboxylic acids is 1. The molecule has 0 radical (unpaired) electrons. The predicted molar refractivity (Wildman–Crippen MR) is 81.3 cm³/mol. The predicted octanol–water partition coefficient (Wildman–Crippen LogP) is 4.19. The number of ether oxygens (including phenoxy) is 1. The van der Waals surface area contributed by atoms with Crippen LogP contribution in [-0.4, -0.2) is 5.91 Å². The summed E-state index contributed by atoms with van der Waals surface area (Å²) in [5, 5.41) is 3.42. The van der Waals surface area contributed by atoms with Gasteiger partial charge in [-0.15, -0.1) is 0 Å². The van der Waals surface area contributed by atoms with Crippen molar-refractivity contribution in [1.29, 1.82) is 0 Å². The molecule has 0 atom stereocenters. The molecular weight excluding hydrogens is 274 g/mol. The number of anilines is 1. The van der Waals surface area contributed by atoms with Crippen molar-refractivity contribution in [2.75, 3.05) is 5.32 Å². The van der Waals surface area contributed by atoms with Crippen molar-refractivity contribution in [2.45, 2.75) is 20.5 Å². The molecule has 2 aromatic rings. The Morgan fingerprint density at radius 2 is 2.00 bits per heavy atom. The minimum Gasteiger partial charge on any atom is -0.487 e. The fourth-order valence-electron chi connectivity index (χ4n) is 1.81. The van der Waals surface area contributed by atoms with Gasteiger partial charge in [-0.2, -0.15) is 0 Å². The van der Waals surface area contributed by atoms with E-state index < -0.39 is 0 Å². The molecule has 0 bridgehead atoms. The van der Waals surface area contributed by atoms with Gasteiger partial charge in [0.05, 0.1) is 5.69 Å². The number of amides is 1. The number of hydrogen-bond acceptors (Lipinski definition) is 2. The van der Waals surface area contributed by atoms with E-state index in [-0.39, 0.29) is 5.91 Å². The molecule has 4 heteroatoms. The second kappa shape index (κ2) is 6.44. The maximum atomic E-state index is 11.2. The Labute approximate surface area is 123 Å². The third kappa shape index (κ3) is 3.75. The van der Waals surface area contributed by atoms with E-state index in [9.17, 15) is 4.79 Å². The molecule has 3 nitrogen and oxygen atoms in total. The van der Waals surface area contributed by atoms with E-state index in [4.69, 9.17) is 16.3 Å². The molecule has 0 unspecified atom stereocenters. The summed E-state index contributed by atoms with van der Waals surface area (Å²) >= 11 is 6.10. The van der Waals surface area contributed by atoms with Crippen LogP contribution in [0.5, 0.6) is 5.75 Å². The van der Waals surface area contributed by atoms with Gasteiger partial charge in [-0.1, -0.05) is 35.9 Å². The summed E-state index contributed by atoms with van der Waals surface area (Å²) < 4.78 is 5.79. The zero-order valence-electron chi connectivity index (χ0n) is 11.4. The van der Waals surface area contributed by atoms with E-state index in [1.165, 1.54) is 6.92 Å².